The van der Waals surface area contributed by atoms with Gasteiger partial charge in [0, 0.05) is 12.7 Å². The molecule has 0 aliphatic heterocycles. The van der Waals surface area contributed by atoms with Crippen LogP contribution in [0.4, 0.5) is 4.39 Å². The quantitative estimate of drug-likeness (QED) is 0.659. The number of nitrogens with one attached hydrogen (secondary N) is 1. The zero-order chi connectivity index (χ0) is 17.6. The summed E-state index contributed by atoms with van der Waals surface area (Å²) in [6.45, 7) is 0.416. The number of benzene rings is 1. The zero-order valence-corrected chi connectivity index (χ0v) is 13.3. The van der Waals surface area contributed by atoms with Gasteiger partial charge in [-0.25, -0.2) is 18.7 Å². The van der Waals surface area contributed by atoms with Crippen molar-refractivity contribution in [3.63, 3.8) is 0 Å². The van der Waals surface area contributed by atoms with E-state index in [-0.39, 0.29) is 24.8 Å². The first-order valence-corrected chi connectivity index (χ1v) is 7.73. The number of oxazole rings is 1. The molecule has 1 N–H and O–H groups in total. The Hall–Kier alpha value is -3.16. The van der Waals surface area contributed by atoms with E-state index in [2.05, 4.69) is 10.3 Å². The van der Waals surface area contributed by atoms with Gasteiger partial charge >= 0.3 is 5.76 Å². The Balaban J connectivity index is 1.46. The van der Waals surface area contributed by atoms with E-state index in [9.17, 15) is 14.0 Å². The smallest absolute Gasteiger partial charge is 0.421 e. The first-order chi connectivity index (χ1) is 12.1. The molecular formula is C17H16FN3O4. The maximum Gasteiger partial charge on any atom is 0.421 e. The molecule has 3 rings (SSSR count). The number of carbonyl (C=O) groups is 1. The number of carbonyl (C=O) groups excluding carboxylic acids is 1. The summed E-state index contributed by atoms with van der Waals surface area (Å²) in [5.41, 5.74) is 0.657. The lowest BCUT2D eigenvalue weighted by atomic mass is 10.3. The number of pyridine rings is 1. The van der Waals surface area contributed by atoms with Crippen molar-refractivity contribution in [2.45, 2.75) is 13.0 Å². The van der Waals surface area contributed by atoms with Crippen molar-refractivity contribution in [3.05, 3.63) is 59.0 Å². The molecule has 0 unspecified atom stereocenters. The number of fused-ring (bicyclic) bond motifs is 1. The van der Waals surface area contributed by atoms with Crippen molar-refractivity contribution in [2.24, 2.45) is 0 Å². The van der Waals surface area contributed by atoms with E-state index in [1.807, 2.05) is 0 Å². The lowest BCUT2D eigenvalue weighted by Gasteiger charge is -2.08. The number of halogens is 1. The molecule has 0 radical (unpaired) electrons. The van der Waals surface area contributed by atoms with Gasteiger partial charge in [-0.1, -0.05) is 12.1 Å². The Morgan fingerprint density at radius 2 is 2.12 bits per heavy atom. The van der Waals surface area contributed by atoms with Gasteiger partial charge in [0.25, 0.3) is 0 Å². The highest BCUT2D eigenvalue weighted by molar-refractivity contribution is 5.78. The molecule has 0 bridgehead atoms. The topological polar surface area (TPSA) is 86.4 Å². The number of amides is 1. The van der Waals surface area contributed by atoms with Gasteiger partial charge < -0.3 is 14.5 Å². The molecule has 0 saturated carbocycles. The van der Waals surface area contributed by atoms with Crippen LogP contribution < -0.4 is 15.8 Å². The van der Waals surface area contributed by atoms with Crippen LogP contribution in [0.2, 0.25) is 0 Å². The first-order valence-electron chi connectivity index (χ1n) is 7.73. The van der Waals surface area contributed by atoms with Crippen molar-refractivity contribution < 1.29 is 18.3 Å². The molecule has 1 aromatic carbocycles. The highest BCUT2D eigenvalue weighted by atomic mass is 19.1. The third-order valence-corrected chi connectivity index (χ3v) is 3.46. The largest absolute Gasteiger partial charge is 0.490 e. The SMILES string of the molecule is O=C(Cn1c(=O)oc2cccnc21)NCCCOc1ccccc1F. The predicted molar refractivity (Wildman–Crippen MR) is 87.8 cm³/mol. The number of rotatable bonds is 7. The Labute approximate surface area is 142 Å². The Kier molecular flexibility index (Phi) is 5.08. The lowest BCUT2D eigenvalue weighted by Crippen LogP contribution is -2.32. The Morgan fingerprint density at radius 1 is 1.28 bits per heavy atom. The second kappa shape index (κ2) is 7.61. The summed E-state index contributed by atoms with van der Waals surface area (Å²) in [6.07, 6.45) is 2.02. The molecule has 0 saturated heterocycles. The van der Waals surface area contributed by atoms with Gasteiger partial charge in [0.15, 0.2) is 22.8 Å². The summed E-state index contributed by atoms with van der Waals surface area (Å²) in [6, 6.07) is 9.37. The minimum Gasteiger partial charge on any atom is -0.490 e. The van der Waals surface area contributed by atoms with E-state index in [4.69, 9.17) is 9.15 Å². The summed E-state index contributed by atoms with van der Waals surface area (Å²) >= 11 is 0. The molecule has 0 aliphatic rings. The summed E-state index contributed by atoms with van der Waals surface area (Å²) in [4.78, 5) is 27.8. The summed E-state index contributed by atoms with van der Waals surface area (Å²) in [5, 5.41) is 2.67. The molecule has 0 spiro atoms. The molecule has 0 aliphatic carbocycles. The minimum atomic E-state index is -0.633. The highest BCUT2D eigenvalue weighted by Crippen LogP contribution is 2.15. The first kappa shape index (κ1) is 16.7. The van der Waals surface area contributed by atoms with Crippen LogP contribution in [0.5, 0.6) is 5.75 Å². The van der Waals surface area contributed by atoms with Crippen LogP contribution in [-0.4, -0.2) is 28.6 Å². The zero-order valence-electron chi connectivity index (χ0n) is 13.3. The summed E-state index contributed by atoms with van der Waals surface area (Å²) in [5.74, 6) is -1.23. The molecule has 0 fully saturated rings. The molecule has 25 heavy (non-hydrogen) atoms. The van der Waals surface area contributed by atoms with E-state index < -0.39 is 11.6 Å². The van der Waals surface area contributed by atoms with E-state index in [1.54, 1.807) is 24.3 Å². The highest BCUT2D eigenvalue weighted by Gasteiger charge is 2.13. The minimum absolute atomic E-state index is 0.177. The van der Waals surface area contributed by atoms with Gasteiger partial charge in [-0.15, -0.1) is 0 Å². The van der Waals surface area contributed by atoms with Crippen molar-refractivity contribution in [3.8, 4) is 5.75 Å². The number of hydrogen-bond acceptors (Lipinski definition) is 5. The Morgan fingerprint density at radius 3 is 2.96 bits per heavy atom. The van der Waals surface area contributed by atoms with Crippen molar-refractivity contribution in [1.82, 2.24) is 14.9 Å². The molecule has 7 nitrogen and oxygen atoms in total. The lowest BCUT2D eigenvalue weighted by molar-refractivity contribution is -0.121. The molecule has 2 aromatic heterocycles. The fraction of sp³-hybridized carbons (Fsp3) is 0.235. The number of nitrogens with zero attached hydrogens (tertiary/aromatic N) is 2. The van der Waals surface area contributed by atoms with Gasteiger partial charge in [-0.05, 0) is 30.7 Å². The third kappa shape index (κ3) is 4.03. The van der Waals surface area contributed by atoms with Crippen LogP contribution in [0, 0.1) is 5.82 Å². The molecule has 8 heteroatoms. The third-order valence-electron chi connectivity index (χ3n) is 3.46. The molecule has 0 atom stereocenters. The van der Waals surface area contributed by atoms with Crippen LogP contribution in [0.25, 0.3) is 11.2 Å². The second-order valence-electron chi connectivity index (χ2n) is 5.26. The van der Waals surface area contributed by atoms with E-state index in [0.29, 0.717) is 24.2 Å². The predicted octanol–water partition coefficient (Wildman–Crippen LogP) is 1.71. The van der Waals surface area contributed by atoms with Crippen LogP contribution in [-0.2, 0) is 11.3 Å². The van der Waals surface area contributed by atoms with Gasteiger partial charge in [0.05, 0.1) is 6.61 Å². The number of ether oxygens (including phenoxy) is 1. The van der Waals surface area contributed by atoms with Gasteiger partial charge in [0.1, 0.15) is 6.54 Å². The van der Waals surface area contributed by atoms with Crippen LogP contribution >= 0.6 is 0 Å². The maximum atomic E-state index is 13.4. The van der Waals surface area contributed by atoms with Crippen molar-refractivity contribution in [2.75, 3.05) is 13.2 Å². The fourth-order valence-corrected chi connectivity index (χ4v) is 2.28. The van der Waals surface area contributed by atoms with Crippen molar-refractivity contribution in [1.29, 1.82) is 0 Å². The molecule has 130 valence electrons. The molecular weight excluding hydrogens is 329 g/mol. The molecule has 2 heterocycles. The number of hydrogen-bond donors (Lipinski definition) is 1. The molecule has 1 amide bonds. The van der Waals surface area contributed by atoms with E-state index in [0.717, 1.165) is 0 Å². The van der Waals surface area contributed by atoms with Crippen LogP contribution in [0.3, 0.4) is 0 Å². The standard InChI is InChI=1S/C17H16FN3O4/c18-12-5-1-2-6-13(12)24-10-4-9-19-15(22)11-21-16-14(25-17(21)23)7-3-8-20-16/h1-3,5-8H,4,9-11H2,(H,19,22). The normalized spacial score (nSPS) is 10.8. The van der Waals surface area contributed by atoms with Gasteiger partial charge in [-0.2, -0.15) is 0 Å². The maximum absolute atomic E-state index is 13.4. The monoisotopic (exact) mass is 345 g/mol. The van der Waals surface area contributed by atoms with E-state index >= 15 is 0 Å². The molecule has 3 aromatic rings. The average Bonchev–Trinajstić information content (AvgIpc) is 2.92. The van der Waals surface area contributed by atoms with Crippen molar-refractivity contribution >= 4 is 17.1 Å². The average molecular weight is 345 g/mol. The number of aromatic nitrogens is 2. The fourth-order valence-electron chi connectivity index (χ4n) is 2.28. The Bertz CT molecular complexity index is 935. The summed E-state index contributed by atoms with van der Waals surface area (Å²) < 4.78 is 24.8. The number of para-hydroxylation sites is 1. The van der Waals surface area contributed by atoms with Crippen LogP contribution in [0.15, 0.2) is 51.8 Å². The van der Waals surface area contributed by atoms with Crippen LogP contribution in [0.1, 0.15) is 6.42 Å². The summed E-state index contributed by atoms with van der Waals surface area (Å²) in [7, 11) is 0. The van der Waals surface area contributed by atoms with Gasteiger partial charge in [-0.3, -0.25) is 4.79 Å². The second-order valence-corrected chi connectivity index (χ2v) is 5.26. The van der Waals surface area contributed by atoms with Gasteiger partial charge in [0.2, 0.25) is 5.91 Å². The van der Waals surface area contributed by atoms with E-state index in [1.165, 1.54) is 22.9 Å².